The molecule has 17 heavy (non-hydrogen) atoms. The standard InChI is InChI=1S/C14H21NO2/c1-11(2)17-13-6-4-12(5-7-13)8-14(16-3)9-15-10-14/h4-7,11,15H,8-10H2,1-3H3. The monoisotopic (exact) mass is 235 g/mol. The molecule has 94 valence electrons. The Balaban J connectivity index is 1.98. The van der Waals surface area contributed by atoms with Crippen LogP contribution >= 0.6 is 0 Å². The van der Waals surface area contributed by atoms with E-state index in [4.69, 9.17) is 9.47 Å². The predicted molar refractivity (Wildman–Crippen MR) is 68.5 cm³/mol. The first-order valence-electron chi connectivity index (χ1n) is 6.15. The first kappa shape index (κ1) is 12.4. The molecule has 1 fully saturated rings. The Labute approximate surface area is 103 Å². The molecule has 1 aliphatic rings. The van der Waals surface area contributed by atoms with Gasteiger partial charge in [0.25, 0.3) is 0 Å². The van der Waals surface area contributed by atoms with Crippen molar-refractivity contribution in [2.45, 2.75) is 32.0 Å². The van der Waals surface area contributed by atoms with Crippen molar-refractivity contribution >= 4 is 0 Å². The van der Waals surface area contributed by atoms with Crippen LogP contribution in [-0.4, -0.2) is 31.9 Å². The molecule has 0 aromatic heterocycles. The second-order valence-corrected chi connectivity index (χ2v) is 4.98. The van der Waals surface area contributed by atoms with Crippen molar-refractivity contribution in [1.29, 1.82) is 0 Å². The third-order valence-electron chi connectivity index (χ3n) is 3.15. The average molecular weight is 235 g/mol. The molecule has 0 amide bonds. The summed E-state index contributed by atoms with van der Waals surface area (Å²) in [5, 5.41) is 3.26. The van der Waals surface area contributed by atoms with Crippen molar-refractivity contribution in [2.24, 2.45) is 0 Å². The van der Waals surface area contributed by atoms with Crippen LogP contribution in [0.5, 0.6) is 5.75 Å². The third-order valence-corrected chi connectivity index (χ3v) is 3.15. The molecule has 0 spiro atoms. The van der Waals surface area contributed by atoms with Gasteiger partial charge in [-0.1, -0.05) is 12.1 Å². The van der Waals surface area contributed by atoms with Crippen LogP contribution in [0, 0.1) is 0 Å². The van der Waals surface area contributed by atoms with E-state index in [0.29, 0.717) is 0 Å². The van der Waals surface area contributed by atoms with Gasteiger partial charge in [-0.05, 0) is 31.5 Å². The first-order valence-corrected chi connectivity index (χ1v) is 6.15. The minimum absolute atomic E-state index is 0.000418. The highest BCUT2D eigenvalue weighted by molar-refractivity contribution is 5.29. The Morgan fingerprint density at radius 2 is 1.88 bits per heavy atom. The summed E-state index contributed by atoms with van der Waals surface area (Å²) in [5.41, 5.74) is 1.30. The molecule has 1 saturated heterocycles. The SMILES string of the molecule is COC1(Cc2ccc(OC(C)C)cc2)CNC1. The Kier molecular flexibility index (Phi) is 3.69. The van der Waals surface area contributed by atoms with Gasteiger partial charge in [0.05, 0.1) is 11.7 Å². The molecule has 0 atom stereocenters. The van der Waals surface area contributed by atoms with Crippen LogP contribution in [0.15, 0.2) is 24.3 Å². The molecule has 0 saturated carbocycles. The summed E-state index contributed by atoms with van der Waals surface area (Å²) in [5.74, 6) is 0.932. The summed E-state index contributed by atoms with van der Waals surface area (Å²) in [6.07, 6.45) is 1.18. The van der Waals surface area contributed by atoms with Crippen LogP contribution < -0.4 is 10.1 Å². The fraction of sp³-hybridized carbons (Fsp3) is 0.571. The molecule has 0 radical (unpaired) electrons. The van der Waals surface area contributed by atoms with Gasteiger partial charge in [-0.3, -0.25) is 0 Å². The second kappa shape index (κ2) is 5.07. The normalized spacial score (nSPS) is 17.9. The molecule has 0 aliphatic carbocycles. The van der Waals surface area contributed by atoms with Crippen molar-refractivity contribution in [2.75, 3.05) is 20.2 Å². The molecular weight excluding hydrogens is 214 g/mol. The highest BCUT2D eigenvalue weighted by Gasteiger charge is 2.36. The van der Waals surface area contributed by atoms with Gasteiger partial charge in [0.15, 0.2) is 0 Å². The number of hydrogen-bond donors (Lipinski definition) is 1. The summed E-state index contributed by atoms with van der Waals surface area (Å²) in [6, 6.07) is 8.31. The predicted octanol–water partition coefficient (Wildman–Crippen LogP) is 2.00. The van der Waals surface area contributed by atoms with Gasteiger partial charge in [0, 0.05) is 26.6 Å². The van der Waals surface area contributed by atoms with Crippen molar-refractivity contribution in [3.63, 3.8) is 0 Å². The van der Waals surface area contributed by atoms with E-state index in [-0.39, 0.29) is 11.7 Å². The van der Waals surface area contributed by atoms with Crippen molar-refractivity contribution in [3.8, 4) is 5.75 Å². The molecule has 1 aromatic carbocycles. The van der Waals surface area contributed by atoms with E-state index < -0.39 is 0 Å². The van der Waals surface area contributed by atoms with Gasteiger partial charge in [-0.25, -0.2) is 0 Å². The fourth-order valence-electron chi connectivity index (χ4n) is 2.08. The van der Waals surface area contributed by atoms with Gasteiger partial charge in [0.2, 0.25) is 0 Å². The average Bonchev–Trinajstić information content (AvgIpc) is 2.25. The molecule has 1 aromatic rings. The Morgan fingerprint density at radius 1 is 1.24 bits per heavy atom. The molecular formula is C14H21NO2. The molecule has 0 bridgehead atoms. The highest BCUT2D eigenvalue weighted by Crippen LogP contribution is 2.23. The van der Waals surface area contributed by atoms with Crippen LogP contribution in [0.2, 0.25) is 0 Å². The number of hydrogen-bond acceptors (Lipinski definition) is 3. The molecule has 0 unspecified atom stereocenters. The maximum atomic E-state index is 5.62. The number of ether oxygens (including phenoxy) is 2. The maximum absolute atomic E-state index is 5.62. The summed E-state index contributed by atoms with van der Waals surface area (Å²) in [4.78, 5) is 0. The minimum Gasteiger partial charge on any atom is -0.491 e. The lowest BCUT2D eigenvalue weighted by molar-refractivity contribution is -0.0502. The molecule has 3 heteroatoms. The van der Waals surface area contributed by atoms with Gasteiger partial charge >= 0.3 is 0 Å². The van der Waals surface area contributed by atoms with Crippen LogP contribution in [0.1, 0.15) is 19.4 Å². The van der Waals surface area contributed by atoms with Gasteiger partial charge in [0.1, 0.15) is 5.75 Å². The largest absolute Gasteiger partial charge is 0.491 e. The van der Waals surface area contributed by atoms with E-state index >= 15 is 0 Å². The van der Waals surface area contributed by atoms with E-state index in [0.717, 1.165) is 25.3 Å². The number of benzene rings is 1. The summed E-state index contributed by atoms with van der Waals surface area (Å²) >= 11 is 0. The van der Waals surface area contributed by atoms with E-state index in [2.05, 4.69) is 17.4 Å². The van der Waals surface area contributed by atoms with Gasteiger partial charge < -0.3 is 14.8 Å². The smallest absolute Gasteiger partial charge is 0.119 e. The zero-order chi connectivity index (χ0) is 12.3. The van der Waals surface area contributed by atoms with Gasteiger partial charge in [-0.15, -0.1) is 0 Å². The molecule has 3 nitrogen and oxygen atoms in total. The van der Waals surface area contributed by atoms with E-state index in [1.54, 1.807) is 7.11 Å². The highest BCUT2D eigenvalue weighted by atomic mass is 16.5. The van der Waals surface area contributed by atoms with E-state index in [9.17, 15) is 0 Å². The fourth-order valence-corrected chi connectivity index (χ4v) is 2.08. The van der Waals surface area contributed by atoms with Crippen LogP contribution in [0.25, 0.3) is 0 Å². The third kappa shape index (κ3) is 2.99. The Bertz CT molecular complexity index is 349. The van der Waals surface area contributed by atoms with Crippen LogP contribution in [0.4, 0.5) is 0 Å². The number of methoxy groups -OCH3 is 1. The second-order valence-electron chi connectivity index (χ2n) is 4.98. The van der Waals surface area contributed by atoms with Crippen molar-refractivity contribution in [3.05, 3.63) is 29.8 Å². The molecule has 2 rings (SSSR count). The number of rotatable bonds is 5. The zero-order valence-electron chi connectivity index (χ0n) is 10.8. The minimum atomic E-state index is 0.000418. The van der Waals surface area contributed by atoms with Crippen LogP contribution in [0.3, 0.4) is 0 Å². The zero-order valence-corrected chi connectivity index (χ0v) is 10.8. The Hall–Kier alpha value is -1.06. The maximum Gasteiger partial charge on any atom is 0.119 e. The topological polar surface area (TPSA) is 30.5 Å². The summed E-state index contributed by atoms with van der Waals surface area (Å²) in [6.45, 7) is 5.95. The van der Waals surface area contributed by atoms with E-state index in [1.807, 2.05) is 26.0 Å². The van der Waals surface area contributed by atoms with Crippen molar-refractivity contribution < 1.29 is 9.47 Å². The summed E-state index contributed by atoms with van der Waals surface area (Å²) < 4.78 is 11.2. The number of nitrogens with one attached hydrogen (secondary N) is 1. The Morgan fingerprint density at radius 3 is 2.29 bits per heavy atom. The summed E-state index contributed by atoms with van der Waals surface area (Å²) in [7, 11) is 1.79. The lowest BCUT2D eigenvalue weighted by Crippen LogP contribution is -2.61. The molecule has 1 heterocycles. The van der Waals surface area contributed by atoms with Crippen molar-refractivity contribution in [1.82, 2.24) is 5.32 Å². The lowest BCUT2D eigenvalue weighted by atomic mass is 9.89. The van der Waals surface area contributed by atoms with E-state index in [1.165, 1.54) is 5.56 Å². The lowest BCUT2D eigenvalue weighted by Gasteiger charge is -2.41. The molecule has 1 N–H and O–H groups in total. The molecule has 1 aliphatic heterocycles. The quantitative estimate of drug-likeness (QED) is 0.847. The van der Waals surface area contributed by atoms with Gasteiger partial charge in [-0.2, -0.15) is 0 Å². The first-order chi connectivity index (χ1) is 8.13. The van der Waals surface area contributed by atoms with Crippen LogP contribution in [-0.2, 0) is 11.2 Å².